The molecule has 0 unspecified atom stereocenters. The summed E-state index contributed by atoms with van der Waals surface area (Å²) in [6.07, 6.45) is 0.805. The van der Waals surface area contributed by atoms with Crippen molar-refractivity contribution < 1.29 is 9.53 Å². The molecule has 0 spiro atoms. The van der Waals surface area contributed by atoms with Gasteiger partial charge in [0.25, 0.3) is 0 Å². The molecule has 0 aliphatic rings. The zero-order valence-electron chi connectivity index (χ0n) is 8.02. The lowest BCUT2D eigenvalue weighted by atomic mass is 10.1. The maximum Gasteiger partial charge on any atom is 0.339 e. The average Bonchev–Trinajstić information content (AvgIpc) is 2.16. The van der Waals surface area contributed by atoms with Crippen molar-refractivity contribution in [3.05, 3.63) is 31.3 Å². The molecule has 0 atom stereocenters. The van der Waals surface area contributed by atoms with Gasteiger partial charge in [-0.3, -0.25) is 0 Å². The van der Waals surface area contributed by atoms with Crippen LogP contribution in [0.1, 0.15) is 15.9 Å². The SMILES string of the molecule is COC(=O)c1c(I)cc(Br)cc1CCBr. The molecule has 15 heavy (non-hydrogen) atoms. The van der Waals surface area contributed by atoms with Crippen molar-refractivity contribution in [2.24, 2.45) is 0 Å². The Balaban J connectivity index is 3.26. The number of esters is 1. The Labute approximate surface area is 119 Å². The second-order valence-corrected chi connectivity index (χ2v) is 5.72. The first kappa shape index (κ1) is 13.4. The number of methoxy groups -OCH3 is 1. The second kappa shape index (κ2) is 6.20. The van der Waals surface area contributed by atoms with Crippen LogP contribution >= 0.6 is 54.5 Å². The molecular weight excluding hydrogens is 439 g/mol. The van der Waals surface area contributed by atoms with Gasteiger partial charge in [0.05, 0.1) is 12.7 Å². The molecule has 0 N–H and O–H groups in total. The van der Waals surface area contributed by atoms with E-state index < -0.39 is 0 Å². The van der Waals surface area contributed by atoms with Crippen molar-refractivity contribution >= 4 is 60.4 Å². The molecule has 1 aromatic carbocycles. The molecule has 0 fully saturated rings. The number of carbonyl (C=O) groups is 1. The van der Waals surface area contributed by atoms with Gasteiger partial charge in [0, 0.05) is 13.4 Å². The summed E-state index contributed by atoms with van der Waals surface area (Å²) < 4.78 is 6.66. The molecule has 0 aliphatic carbocycles. The molecule has 0 saturated heterocycles. The van der Waals surface area contributed by atoms with E-state index in [0.717, 1.165) is 25.4 Å². The van der Waals surface area contributed by atoms with E-state index in [4.69, 9.17) is 4.74 Å². The van der Waals surface area contributed by atoms with Crippen LogP contribution in [-0.4, -0.2) is 18.4 Å². The second-order valence-electron chi connectivity index (χ2n) is 2.85. The standard InChI is InChI=1S/C10H9Br2IO2/c1-15-10(14)9-6(2-3-11)4-7(12)5-8(9)13/h4-5H,2-3H2,1H3. The van der Waals surface area contributed by atoms with E-state index in [1.807, 2.05) is 12.1 Å². The molecule has 0 amide bonds. The Kier molecular flexibility index (Phi) is 5.56. The number of hydrogen-bond acceptors (Lipinski definition) is 2. The normalized spacial score (nSPS) is 10.1. The number of hydrogen-bond donors (Lipinski definition) is 0. The maximum absolute atomic E-state index is 11.6. The van der Waals surface area contributed by atoms with Gasteiger partial charge in [-0.2, -0.15) is 0 Å². The lowest BCUT2D eigenvalue weighted by Gasteiger charge is -2.09. The molecule has 5 heteroatoms. The minimum Gasteiger partial charge on any atom is -0.465 e. The number of benzene rings is 1. The fraction of sp³-hybridized carbons (Fsp3) is 0.300. The van der Waals surface area contributed by atoms with E-state index in [9.17, 15) is 4.79 Å². The smallest absolute Gasteiger partial charge is 0.339 e. The van der Waals surface area contributed by atoms with E-state index in [1.165, 1.54) is 7.11 Å². The van der Waals surface area contributed by atoms with E-state index in [1.54, 1.807) is 0 Å². The highest BCUT2D eigenvalue weighted by Crippen LogP contribution is 2.24. The van der Waals surface area contributed by atoms with Crippen LogP contribution in [0, 0.1) is 3.57 Å². The van der Waals surface area contributed by atoms with Crippen LogP contribution in [0.2, 0.25) is 0 Å². The molecule has 0 saturated carbocycles. The zero-order valence-corrected chi connectivity index (χ0v) is 13.3. The molecule has 0 bridgehead atoms. The molecule has 2 nitrogen and oxygen atoms in total. The monoisotopic (exact) mass is 446 g/mol. The zero-order chi connectivity index (χ0) is 11.4. The van der Waals surface area contributed by atoms with Gasteiger partial charge in [-0.1, -0.05) is 31.9 Å². The first-order valence-corrected chi connectivity index (χ1v) is 7.21. The fourth-order valence-electron chi connectivity index (χ4n) is 1.26. The van der Waals surface area contributed by atoms with Gasteiger partial charge < -0.3 is 4.74 Å². The number of halogens is 3. The molecule has 1 rings (SSSR count). The van der Waals surface area contributed by atoms with Crippen molar-refractivity contribution in [1.82, 2.24) is 0 Å². The highest BCUT2D eigenvalue weighted by atomic mass is 127. The number of alkyl halides is 1. The van der Waals surface area contributed by atoms with Crippen LogP contribution in [0.5, 0.6) is 0 Å². The Morgan fingerprint density at radius 2 is 2.20 bits per heavy atom. The van der Waals surface area contributed by atoms with Gasteiger partial charge in [-0.05, 0) is 46.7 Å². The van der Waals surface area contributed by atoms with Gasteiger partial charge in [0.1, 0.15) is 0 Å². The lowest BCUT2D eigenvalue weighted by molar-refractivity contribution is 0.0598. The highest BCUT2D eigenvalue weighted by molar-refractivity contribution is 14.1. The van der Waals surface area contributed by atoms with Crippen LogP contribution in [0.25, 0.3) is 0 Å². The summed E-state index contributed by atoms with van der Waals surface area (Å²) in [6, 6.07) is 3.86. The number of aryl methyl sites for hydroxylation is 1. The Morgan fingerprint density at radius 1 is 1.53 bits per heavy atom. The number of carbonyl (C=O) groups excluding carboxylic acids is 1. The third kappa shape index (κ3) is 3.42. The summed E-state index contributed by atoms with van der Waals surface area (Å²) in [6.45, 7) is 0. The third-order valence-corrected chi connectivity index (χ3v) is 3.60. The first-order chi connectivity index (χ1) is 7.10. The minimum absolute atomic E-state index is 0.275. The van der Waals surface area contributed by atoms with Gasteiger partial charge in [0.15, 0.2) is 0 Å². The summed E-state index contributed by atoms with van der Waals surface area (Å²) in [7, 11) is 1.40. The maximum atomic E-state index is 11.6. The van der Waals surface area contributed by atoms with Gasteiger partial charge >= 0.3 is 5.97 Å². The molecule has 1 aromatic rings. The molecule has 0 radical (unpaired) electrons. The molecule has 0 aliphatic heterocycles. The quantitative estimate of drug-likeness (QED) is 0.400. The van der Waals surface area contributed by atoms with Crippen molar-refractivity contribution in [3.8, 4) is 0 Å². The van der Waals surface area contributed by atoms with Gasteiger partial charge in [0.2, 0.25) is 0 Å². The minimum atomic E-state index is -0.275. The van der Waals surface area contributed by atoms with Crippen LogP contribution in [0.3, 0.4) is 0 Å². The van der Waals surface area contributed by atoms with Crippen LogP contribution in [0.15, 0.2) is 16.6 Å². The Morgan fingerprint density at radius 3 is 2.73 bits per heavy atom. The predicted octanol–water partition coefficient (Wildman–Crippen LogP) is 3.78. The van der Waals surface area contributed by atoms with Gasteiger partial charge in [-0.15, -0.1) is 0 Å². The topological polar surface area (TPSA) is 26.3 Å². The van der Waals surface area contributed by atoms with E-state index in [2.05, 4.69) is 54.5 Å². The van der Waals surface area contributed by atoms with E-state index in [0.29, 0.717) is 5.56 Å². The van der Waals surface area contributed by atoms with Crippen molar-refractivity contribution in [1.29, 1.82) is 0 Å². The van der Waals surface area contributed by atoms with Gasteiger partial charge in [-0.25, -0.2) is 4.79 Å². The Hall–Kier alpha value is 0.380. The number of rotatable bonds is 3. The number of ether oxygens (including phenoxy) is 1. The Bertz CT molecular complexity index is 380. The average molecular weight is 448 g/mol. The molecule has 0 aromatic heterocycles. The highest BCUT2D eigenvalue weighted by Gasteiger charge is 2.16. The fourth-order valence-corrected chi connectivity index (χ4v) is 3.52. The summed E-state index contributed by atoms with van der Waals surface area (Å²) in [5.74, 6) is -0.275. The van der Waals surface area contributed by atoms with Crippen molar-refractivity contribution in [2.45, 2.75) is 6.42 Å². The molecular formula is C10H9Br2IO2. The lowest BCUT2D eigenvalue weighted by Crippen LogP contribution is -2.09. The van der Waals surface area contributed by atoms with Crippen LogP contribution in [0.4, 0.5) is 0 Å². The van der Waals surface area contributed by atoms with E-state index >= 15 is 0 Å². The summed E-state index contributed by atoms with van der Waals surface area (Å²) in [5, 5.41) is 0.823. The summed E-state index contributed by atoms with van der Waals surface area (Å²) in [5.41, 5.74) is 1.67. The largest absolute Gasteiger partial charge is 0.465 e. The first-order valence-electron chi connectivity index (χ1n) is 4.22. The van der Waals surface area contributed by atoms with Crippen molar-refractivity contribution in [2.75, 3.05) is 12.4 Å². The third-order valence-electron chi connectivity index (χ3n) is 1.89. The summed E-state index contributed by atoms with van der Waals surface area (Å²) >= 11 is 8.93. The molecule has 0 heterocycles. The molecule has 82 valence electrons. The predicted molar refractivity (Wildman–Crippen MR) is 75.7 cm³/mol. The van der Waals surface area contributed by atoms with E-state index in [-0.39, 0.29) is 5.97 Å². The summed E-state index contributed by atoms with van der Waals surface area (Å²) in [4.78, 5) is 11.6. The van der Waals surface area contributed by atoms with Crippen LogP contribution in [-0.2, 0) is 11.2 Å². The van der Waals surface area contributed by atoms with Crippen molar-refractivity contribution in [3.63, 3.8) is 0 Å². The van der Waals surface area contributed by atoms with Crippen LogP contribution < -0.4 is 0 Å².